The number of benzene rings is 1. The molecule has 0 spiro atoms. The number of amides is 1. The van der Waals surface area contributed by atoms with Crippen LogP contribution in [0.5, 0.6) is 0 Å². The third-order valence-corrected chi connectivity index (χ3v) is 4.95. The molecule has 146 valence electrons. The van der Waals surface area contributed by atoms with Crippen LogP contribution in [0.25, 0.3) is 22.5 Å². The van der Waals surface area contributed by atoms with Crippen LogP contribution in [0.1, 0.15) is 16.2 Å². The standard InChI is InChI=1S/C24H19N5O/c1-17-15-20(11-13-25-17)26-24(30)22-12-14-29(27-22)23-10-9-21-8-7-19(16-28(21)23)18-5-3-2-4-6-18/h2-16H,1H3,(H,25,26,30). The van der Waals surface area contributed by atoms with Gasteiger partial charge in [-0.25, -0.2) is 4.68 Å². The Morgan fingerprint density at radius 3 is 2.60 bits per heavy atom. The summed E-state index contributed by atoms with van der Waals surface area (Å²) < 4.78 is 3.79. The second-order valence-electron chi connectivity index (χ2n) is 7.06. The first-order valence-corrected chi connectivity index (χ1v) is 9.64. The normalized spacial score (nSPS) is 11.0. The first-order chi connectivity index (χ1) is 14.7. The fourth-order valence-electron chi connectivity index (χ4n) is 3.47. The molecule has 0 radical (unpaired) electrons. The average Bonchev–Trinajstić information content (AvgIpc) is 3.41. The molecule has 0 saturated heterocycles. The monoisotopic (exact) mass is 393 g/mol. The number of aryl methyl sites for hydroxylation is 1. The van der Waals surface area contributed by atoms with Crippen molar-refractivity contribution in [2.45, 2.75) is 6.92 Å². The van der Waals surface area contributed by atoms with Crippen LogP contribution in [-0.4, -0.2) is 25.1 Å². The topological polar surface area (TPSA) is 64.2 Å². The number of fused-ring (bicyclic) bond motifs is 1. The summed E-state index contributed by atoms with van der Waals surface area (Å²) in [6.45, 7) is 1.88. The molecule has 0 atom stereocenters. The second kappa shape index (κ2) is 7.33. The Labute approximate surface area is 173 Å². The molecule has 0 aliphatic rings. The number of nitrogens with zero attached hydrogens (tertiary/aromatic N) is 4. The van der Waals surface area contributed by atoms with Gasteiger partial charge in [-0.15, -0.1) is 0 Å². The minimum absolute atomic E-state index is 0.259. The highest BCUT2D eigenvalue weighted by Gasteiger charge is 2.13. The van der Waals surface area contributed by atoms with E-state index in [1.54, 1.807) is 29.2 Å². The van der Waals surface area contributed by atoms with E-state index < -0.39 is 0 Å². The number of hydrogen-bond donors (Lipinski definition) is 1. The zero-order valence-corrected chi connectivity index (χ0v) is 16.4. The molecule has 4 aromatic heterocycles. The summed E-state index contributed by atoms with van der Waals surface area (Å²) in [6.07, 6.45) is 5.55. The van der Waals surface area contributed by atoms with E-state index in [-0.39, 0.29) is 5.91 Å². The number of pyridine rings is 2. The number of nitrogens with one attached hydrogen (secondary N) is 1. The van der Waals surface area contributed by atoms with Gasteiger partial charge in [0.25, 0.3) is 5.91 Å². The van der Waals surface area contributed by atoms with Crippen molar-refractivity contribution >= 4 is 17.1 Å². The number of hydrogen-bond acceptors (Lipinski definition) is 3. The second-order valence-corrected chi connectivity index (χ2v) is 7.06. The van der Waals surface area contributed by atoms with Gasteiger partial charge in [-0.05, 0) is 54.4 Å². The first kappa shape index (κ1) is 17.9. The highest BCUT2D eigenvalue weighted by atomic mass is 16.1. The summed E-state index contributed by atoms with van der Waals surface area (Å²) in [4.78, 5) is 16.7. The molecule has 0 fully saturated rings. The van der Waals surface area contributed by atoms with E-state index >= 15 is 0 Å². The number of aromatic nitrogens is 4. The van der Waals surface area contributed by atoms with Crippen LogP contribution in [-0.2, 0) is 0 Å². The Bertz CT molecular complexity index is 1350. The predicted octanol–water partition coefficient (Wildman–Crippen LogP) is 4.75. The molecule has 0 bridgehead atoms. The maximum atomic E-state index is 12.6. The molecule has 0 aliphatic carbocycles. The summed E-state index contributed by atoms with van der Waals surface area (Å²) in [7, 11) is 0. The molecular weight excluding hydrogens is 374 g/mol. The van der Waals surface area contributed by atoms with Crippen LogP contribution in [0.2, 0.25) is 0 Å². The van der Waals surface area contributed by atoms with Crippen LogP contribution in [0.15, 0.2) is 91.4 Å². The van der Waals surface area contributed by atoms with Gasteiger partial charge < -0.3 is 9.72 Å². The van der Waals surface area contributed by atoms with E-state index in [2.05, 4.69) is 50.3 Å². The van der Waals surface area contributed by atoms with E-state index in [1.807, 2.05) is 43.3 Å². The van der Waals surface area contributed by atoms with Gasteiger partial charge in [-0.1, -0.05) is 36.4 Å². The van der Waals surface area contributed by atoms with Crippen LogP contribution >= 0.6 is 0 Å². The summed E-state index contributed by atoms with van der Waals surface area (Å²) in [5.41, 5.74) is 5.19. The largest absolute Gasteiger partial charge is 0.320 e. The molecule has 0 aliphatic heterocycles. The minimum Gasteiger partial charge on any atom is -0.320 e. The lowest BCUT2D eigenvalue weighted by Gasteiger charge is -2.07. The van der Waals surface area contributed by atoms with E-state index in [9.17, 15) is 4.79 Å². The molecule has 1 amide bonds. The van der Waals surface area contributed by atoms with Gasteiger partial charge in [-0.3, -0.25) is 9.78 Å². The van der Waals surface area contributed by atoms with Crippen molar-refractivity contribution in [3.05, 3.63) is 103 Å². The van der Waals surface area contributed by atoms with Gasteiger partial charge in [0.05, 0.1) is 0 Å². The molecule has 0 unspecified atom stereocenters. The molecule has 30 heavy (non-hydrogen) atoms. The molecule has 6 nitrogen and oxygen atoms in total. The summed E-state index contributed by atoms with van der Waals surface area (Å²) in [5.74, 6) is 0.603. The quantitative estimate of drug-likeness (QED) is 0.479. The van der Waals surface area contributed by atoms with Crippen molar-refractivity contribution < 1.29 is 4.79 Å². The number of carbonyl (C=O) groups is 1. The molecular formula is C24H19N5O. The number of anilines is 1. The van der Waals surface area contributed by atoms with Gasteiger partial charge in [0.2, 0.25) is 0 Å². The molecule has 5 aromatic rings. The van der Waals surface area contributed by atoms with Crippen LogP contribution in [0, 0.1) is 6.92 Å². The molecule has 5 rings (SSSR count). The summed E-state index contributed by atoms with van der Waals surface area (Å²) in [5, 5.41) is 7.36. The predicted molar refractivity (Wildman–Crippen MR) is 117 cm³/mol. The van der Waals surface area contributed by atoms with Gasteiger partial charge in [0.15, 0.2) is 5.69 Å². The van der Waals surface area contributed by atoms with E-state index in [1.165, 1.54) is 0 Å². The molecule has 6 heteroatoms. The maximum absolute atomic E-state index is 12.6. The van der Waals surface area contributed by atoms with Crippen molar-refractivity contribution in [2.75, 3.05) is 5.32 Å². The minimum atomic E-state index is -0.259. The third-order valence-electron chi connectivity index (χ3n) is 4.95. The lowest BCUT2D eigenvalue weighted by Crippen LogP contribution is -2.13. The van der Waals surface area contributed by atoms with Gasteiger partial charge in [0.1, 0.15) is 5.82 Å². The van der Waals surface area contributed by atoms with Crippen molar-refractivity contribution in [3.8, 4) is 16.9 Å². The summed E-state index contributed by atoms with van der Waals surface area (Å²) in [6, 6.07) is 23.7. The zero-order chi connectivity index (χ0) is 20.5. The van der Waals surface area contributed by atoms with Crippen molar-refractivity contribution in [1.29, 1.82) is 0 Å². The van der Waals surface area contributed by atoms with E-state index in [0.29, 0.717) is 11.4 Å². The van der Waals surface area contributed by atoms with Crippen molar-refractivity contribution in [1.82, 2.24) is 19.2 Å². The van der Waals surface area contributed by atoms with Crippen molar-refractivity contribution in [2.24, 2.45) is 0 Å². The molecule has 0 saturated carbocycles. The lowest BCUT2D eigenvalue weighted by molar-refractivity contribution is 0.102. The van der Waals surface area contributed by atoms with Crippen LogP contribution in [0.4, 0.5) is 5.69 Å². The third kappa shape index (κ3) is 3.35. The Balaban J connectivity index is 1.46. The SMILES string of the molecule is Cc1cc(NC(=O)c2ccn(-c3ccc4ccc(-c5ccccc5)cn34)n2)ccn1. The molecule has 4 heterocycles. The first-order valence-electron chi connectivity index (χ1n) is 9.64. The fraction of sp³-hybridized carbons (Fsp3) is 0.0417. The Kier molecular flexibility index (Phi) is 4.37. The van der Waals surface area contributed by atoms with E-state index in [0.717, 1.165) is 28.2 Å². The maximum Gasteiger partial charge on any atom is 0.276 e. The number of rotatable bonds is 4. The van der Waals surface area contributed by atoms with E-state index in [4.69, 9.17) is 0 Å². The lowest BCUT2D eigenvalue weighted by atomic mass is 10.1. The summed E-state index contributed by atoms with van der Waals surface area (Å²) >= 11 is 0. The smallest absolute Gasteiger partial charge is 0.276 e. The highest BCUT2D eigenvalue weighted by Crippen LogP contribution is 2.23. The van der Waals surface area contributed by atoms with Gasteiger partial charge >= 0.3 is 0 Å². The Morgan fingerprint density at radius 1 is 0.933 bits per heavy atom. The highest BCUT2D eigenvalue weighted by molar-refractivity contribution is 6.02. The van der Waals surface area contributed by atoms with Gasteiger partial charge in [-0.2, -0.15) is 5.10 Å². The fourth-order valence-corrected chi connectivity index (χ4v) is 3.47. The zero-order valence-electron chi connectivity index (χ0n) is 16.4. The molecule has 1 N–H and O–H groups in total. The Morgan fingerprint density at radius 2 is 1.77 bits per heavy atom. The average molecular weight is 393 g/mol. The van der Waals surface area contributed by atoms with Gasteiger partial charge in [0, 0.05) is 35.5 Å². The molecule has 1 aromatic carbocycles. The van der Waals surface area contributed by atoms with Crippen molar-refractivity contribution in [3.63, 3.8) is 0 Å². The number of carbonyl (C=O) groups excluding carboxylic acids is 1. The van der Waals surface area contributed by atoms with Crippen LogP contribution < -0.4 is 5.32 Å². The Hall–Kier alpha value is -4.19. The van der Waals surface area contributed by atoms with Crippen LogP contribution in [0.3, 0.4) is 0 Å².